The summed E-state index contributed by atoms with van der Waals surface area (Å²) in [6.45, 7) is 1.76. The lowest BCUT2D eigenvalue weighted by molar-refractivity contribution is -0.146. The van der Waals surface area contributed by atoms with Crippen LogP contribution in [0.2, 0.25) is 5.02 Å². The first-order valence-corrected chi connectivity index (χ1v) is 8.47. The van der Waals surface area contributed by atoms with Crippen LogP contribution in [0.25, 0.3) is 11.0 Å². The van der Waals surface area contributed by atoms with Gasteiger partial charge in [0.05, 0.1) is 11.0 Å². The molecule has 1 aromatic heterocycles. The summed E-state index contributed by atoms with van der Waals surface area (Å²) in [6, 6.07) is 10.8. The number of rotatable bonds is 4. The van der Waals surface area contributed by atoms with Crippen molar-refractivity contribution in [1.29, 1.82) is 0 Å². The van der Waals surface area contributed by atoms with Gasteiger partial charge in [-0.05, 0) is 36.8 Å². The molecule has 3 rings (SSSR count). The van der Waals surface area contributed by atoms with Gasteiger partial charge in [0.15, 0.2) is 0 Å². The van der Waals surface area contributed by atoms with Crippen molar-refractivity contribution in [2.24, 2.45) is 0 Å². The number of aryl methyl sites for hydroxylation is 1. The van der Waals surface area contributed by atoms with Gasteiger partial charge in [-0.25, -0.2) is 9.78 Å². The summed E-state index contributed by atoms with van der Waals surface area (Å²) in [6.07, 6.45) is -4.58. The molecule has 0 aliphatic heterocycles. The first kappa shape index (κ1) is 19.0. The Labute approximate surface area is 158 Å². The number of hydrogen-bond donors (Lipinski definition) is 2. The molecule has 0 radical (unpaired) electrons. The molecule has 3 aromatic rings. The number of aromatic nitrogens is 2. The van der Waals surface area contributed by atoms with Crippen LogP contribution in [-0.2, 0) is 12.7 Å². The molecule has 0 saturated heterocycles. The zero-order valence-electron chi connectivity index (χ0n) is 14.3. The van der Waals surface area contributed by atoms with Gasteiger partial charge in [0.2, 0.25) is 5.82 Å². The van der Waals surface area contributed by atoms with E-state index in [1.165, 1.54) is 6.07 Å². The third-order valence-corrected chi connectivity index (χ3v) is 4.37. The number of carbonyl (C=O) groups is 1. The molecule has 0 aliphatic rings. The van der Waals surface area contributed by atoms with Gasteiger partial charge in [-0.1, -0.05) is 29.8 Å². The molecule has 1 heterocycles. The van der Waals surface area contributed by atoms with Crippen molar-refractivity contribution >= 4 is 34.4 Å². The van der Waals surface area contributed by atoms with Crippen LogP contribution in [0.3, 0.4) is 0 Å². The topological polar surface area (TPSA) is 59.0 Å². The van der Waals surface area contributed by atoms with Crippen LogP contribution in [-0.4, -0.2) is 22.1 Å². The van der Waals surface area contributed by atoms with Crippen LogP contribution in [0.5, 0.6) is 0 Å². The van der Waals surface area contributed by atoms with Gasteiger partial charge in [-0.2, -0.15) is 13.2 Å². The van der Waals surface area contributed by atoms with E-state index in [4.69, 9.17) is 11.6 Å². The standard InChI is InChI=1S/C18H16ClF3N4O/c1-11-6-7-12(10-13(11)19)24-17(27)23-8-9-26-15-5-3-2-4-14(15)25-16(26)18(20,21)22/h2-7,10H,8-9H2,1H3,(H2,23,24,27). The summed E-state index contributed by atoms with van der Waals surface area (Å²) < 4.78 is 40.8. The Morgan fingerprint density at radius 3 is 2.67 bits per heavy atom. The summed E-state index contributed by atoms with van der Waals surface area (Å²) in [4.78, 5) is 15.6. The van der Waals surface area contributed by atoms with Gasteiger partial charge in [-0.3, -0.25) is 0 Å². The van der Waals surface area contributed by atoms with E-state index in [9.17, 15) is 18.0 Å². The number of anilines is 1. The van der Waals surface area contributed by atoms with Crippen LogP contribution in [0, 0.1) is 6.92 Å². The van der Waals surface area contributed by atoms with Gasteiger partial charge >= 0.3 is 12.2 Å². The van der Waals surface area contributed by atoms with E-state index in [0.29, 0.717) is 16.2 Å². The van der Waals surface area contributed by atoms with Crippen LogP contribution < -0.4 is 10.6 Å². The first-order valence-electron chi connectivity index (χ1n) is 8.09. The molecule has 0 spiro atoms. The third-order valence-electron chi connectivity index (χ3n) is 3.96. The molecule has 0 bridgehead atoms. The number of carbonyl (C=O) groups excluding carboxylic acids is 1. The number of urea groups is 1. The Morgan fingerprint density at radius 1 is 1.22 bits per heavy atom. The Hall–Kier alpha value is -2.74. The Morgan fingerprint density at radius 2 is 1.96 bits per heavy atom. The van der Waals surface area contributed by atoms with Crippen molar-refractivity contribution in [2.45, 2.75) is 19.6 Å². The number of hydrogen-bond acceptors (Lipinski definition) is 2. The molecule has 142 valence electrons. The Balaban J connectivity index is 1.68. The third kappa shape index (κ3) is 4.33. The lowest BCUT2D eigenvalue weighted by Gasteiger charge is -2.13. The minimum atomic E-state index is -4.58. The number of benzene rings is 2. The predicted molar refractivity (Wildman–Crippen MR) is 97.9 cm³/mol. The van der Waals surface area contributed by atoms with Gasteiger partial charge in [0, 0.05) is 23.8 Å². The number of imidazole rings is 1. The van der Waals surface area contributed by atoms with Crippen molar-refractivity contribution in [1.82, 2.24) is 14.9 Å². The zero-order chi connectivity index (χ0) is 19.6. The summed E-state index contributed by atoms with van der Waals surface area (Å²) >= 11 is 6.00. The highest BCUT2D eigenvalue weighted by molar-refractivity contribution is 6.31. The molecule has 2 aromatic carbocycles. The Kier molecular flexibility index (Phi) is 5.27. The average Bonchev–Trinajstić information content (AvgIpc) is 2.97. The summed E-state index contributed by atoms with van der Waals surface area (Å²) in [7, 11) is 0. The van der Waals surface area contributed by atoms with Crippen molar-refractivity contribution in [2.75, 3.05) is 11.9 Å². The van der Waals surface area contributed by atoms with Crippen LogP contribution in [0.15, 0.2) is 42.5 Å². The highest BCUT2D eigenvalue weighted by Gasteiger charge is 2.37. The van der Waals surface area contributed by atoms with Gasteiger partial charge in [0.1, 0.15) is 0 Å². The van der Waals surface area contributed by atoms with Crippen LogP contribution >= 0.6 is 11.6 Å². The van der Waals surface area contributed by atoms with Crippen molar-refractivity contribution in [3.05, 3.63) is 58.9 Å². The van der Waals surface area contributed by atoms with E-state index in [1.807, 2.05) is 6.92 Å². The number of nitrogens with one attached hydrogen (secondary N) is 2. The fraction of sp³-hybridized carbons (Fsp3) is 0.222. The van der Waals surface area contributed by atoms with E-state index in [2.05, 4.69) is 15.6 Å². The monoisotopic (exact) mass is 396 g/mol. The minimum Gasteiger partial charge on any atom is -0.336 e. The number of alkyl halides is 3. The first-order chi connectivity index (χ1) is 12.8. The molecule has 0 saturated carbocycles. The van der Waals surface area contributed by atoms with Crippen molar-refractivity contribution in [3.63, 3.8) is 0 Å². The molecule has 0 atom stereocenters. The molecular formula is C18H16ClF3N4O. The average molecular weight is 397 g/mol. The molecule has 0 fully saturated rings. The zero-order valence-corrected chi connectivity index (χ0v) is 15.0. The predicted octanol–water partition coefficient (Wildman–Crippen LogP) is 4.84. The van der Waals surface area contributed by atoms with Gasteiger partial charge in [0.25, 0.3) is 0 Å². The maximum Gasteiger partial charge on any atom is 0.449 e. The van der Waals surface area contributed by atoms with E-state index in [0.717, 1.165) is 10.1 Å². The van der Waals surface area contributed by atoms with E-state index >= 15 is 0 Å². The summed E-state index contributed by atoms with van der Waals surface area (Å²) in [5.41, 5.74) is 1.97. The van der Waals surface area contributed by atoms with Crippen LogP contribution in [0.1, 0.15) is 11.4 Å². The summed E-state index contributed by atoms with van der Waals surface area (Å²) in [5.74, 6) is -0.990. The smallest absolute Gasteiger partial charge is 0.336 e. The van der Waals surface area contributed by atoms with E-state index in [1.54, 1.807) is 36.4 Å². The molecule has 2 amide bonds. The van der Waals surface area contributed by atoms with E-state index < -0.39 is 18.0 Å². The lowest BCUT2D eigenvalue weighted by atomic mass is 10.2. The normalized spacial score (nSPS) is 11.6. The second-order valence-corrected chi connectivity index (χ2v) is 6.33. The fourth-order valence-electron chi connectivity index (χ4n) is 2.65. The molecule has 0 aliphatic carbocycles. The highest BCUT2D eigenvalue weighted by atomic mass is 35.5. The Bertz CT molecular complexity index is 984. The molecule has 2 N–H and O–H groups in total. The largest absolute Gasteiger partial charge is 0.449 e. The summed E-state index contributed by atoms with van der Waals surface area (Å²) in [5, 5.41) is 5.64. The number of fused-ring (bicyclic) bond motifs is 1. The van der Waals surface area contributed by atoms with Crippen molar-refractivity contribution in [3.8, 4) is 0 Å². The maximum absolute atomic E-state index is 13.2. The molecule has 5 nitrogen and oxygen atoms in total. The molecule has 9 heteroatoms. The SMILES string of the molecule is Cc1ccc(NC(=O)NCCn2c(C(F)(F)F)nc3ccccc32)cc1Cl. The number of halogens is 4. The second kappa shape index (κ2) is 7.48. The quantitative estimate of drug-likeness (QED) is 0.663. The van der Waals surface area contributed by atoms with E-state index in [-0.39, 0.29) is 18.6 Å². The van der Waals surface area contributed by atoms with Crippen LogP contribution in [0.4, 0.5) is 23.7 Å². The fourth-order valence-corrected chi connectivity index (χ4v) is 2.83. The molecule has 27 heavy (non-hydrogen) atoms. The van der Waals surface area contributed by atoms with Gasteiger partial charge < -0.3 is 15.2 Å². The minimum absolute atomic E-state index is 0.00510. The molecular weight excluding hydrogens is 381 g/mol. The van der Waals surface area contributed by atoms with Crippen molar-refractivity contribution < 1.29 is 18.0 Å². The number of amides is 2. The maximum atomic E-state index is 13.2. The van der Waals surface area contributed by atoms with Gasteiger partial charge in [-0.15, -0.1) is 0 Å². The lowest BCUT2D eigenvalue weighted by Crippen LogP contribution is -2.32. The highest BCUT2D eigenvalue weighted by Crippen LogP contribution is 2.31. The number of nitrogens with zero attached hydrogens (tertiary/aromatic N) is 2. The number of para-hydroxylation sites is 2. The second-order valence-electron chi connectivity index (χ2n) is 5.92. The molecule has 0 unspecified atom stereocenters.